The van der Waals surface area contributed by atoms with E-state index in [0.717, 1.165) is 0 Å². The van der Waals surface area contributed by atoms with Crippen molar-refractivity contribution in [1.82, 2.24) is 0 Å². The highest BCUT2D eigenvalue weighted by molar-refractivity contribution is 5.95. The molecule has 1 aliphatic rings. The highest BCUT2D eigenvalue weighted by Crippen LogP contribution is 2.26. The summed E-state index contributed by atoms with van der Waals surface area (Å²) in [6.07, 6.45) is 3.96. The molecule has 0 spiro atoms. The molecule has 0 bridgehead atoms. The fourth-order valence-corrected chi connectivity index (χ4v) is 2.47. The molecule has 0 radical (unpaired) electrons. The number of hydrogen-bond acceptors (Lipinski definition) is 5. The molecule has 1 aromatic rings. The van der Waals surface area contributed by atoms with Crippen LogP contribution in [0.3, 0.4) is 0 Å². The largest absolute Gasteiger partial charge is 0.550 e. The smallest absolute Gasteiger partial charge is 0.228 e. The molecule has 1 N–H and O–H groups in total. The zero-order chi connectivity index (χ0) is 16.1. The van der Waals surface area contributed by atoms with Crippen molar-refractivity contribution in [3.63, 3.8) is 0 Å². The number of hydrogen-bond donors (Lipinski definition) is 1. The zero-order valence-corrected chi connectivity index (χ0v) is 11.8. The number of aliphatic carboxylic acids is 2. The summed E-state index contributed by atoms with van der Waals surface area (Å²) in [7, 11) is 0. The van der Waals surface area contributed by atoms with Crippen LogP contribution in [0, 0.1) is 11.8 Å². The van der Waals surface area contributed by atoms with Gasteiger partial charge in [-0.1, -0.05) is 24.3 Å². The first kappa shape index (κ1) is 15.8. The Kier molecular flexibility index (Phi) is 4.93. The molecule has 0 aromatic heterocycles. The molecule has 0 saturated heterocycles. The van der Waals surface area contributed by atoms with Gasteiger partial charge in [0.25, 0.3) is 0 Å². The van der Waals surface area contributed by atoms with Gasteiger partial charge in [-0.3, -0.25) is 4.79 Å². The van der Waals surface area contributed by atoms with E-state index < -0.39 is 23.8 Å². The van der Waals surface area contributed by atoms with Crippen LogP contribution in [-0.4, -0.2) is 17.8 Å². The lowest BCUT2D eigenvalue weighted by molar-refractivity contribution is -0.313. The lowest BCUT2D eigenvalue weighted by Crippen LogP contribution is -2.41. The summed E-state index contributed by atoms with van der Waals surface area (Å²) in [6, 6.07) is 6.29. The van der Waals surface area contributed by atoms with E-state index in [1.807, 2.05) is 0 Å². The van der Waals surface area contributed by atoms with Gasteiger partial charge in [-0.15, -0.1) is 0 Å². The quantitative estimate of drug-likeness (QED) is 0.720. The van der Waals surface area contributed by atoms with Crippen molar-refractivity contribution < 1.29 is 24.6 Å². The van der Waals surface area contributed by atoms with Gasteiger partial charge in [-0.05, 0) is 30.5 Å². The van der Waals surface area contributed by atoms with Crippen LogP contribution in [0.1, 0.15) is 18.4 Å². The molecule has 0 saturated carbocycles. The Morgan fingerprint density at radius 2 is 1.59 bits per heavy atom. The molecule has 0 aliphatic heterocycles. The maximum absolute atomic E-state index is 12.2. The molecule has 0 unspecified atom stereocenters. The highest BCUT2D eigenvalue weighted by Gasteiger charge is 2.29. The number of carbonyl (C=O) groups is 3. The van der Waals surface area contributed by atoms with E-state index in [9.17, 15) is 24.6 Å². The minimum absolute atomic E-state index is 0.200. The van der Waals surface area contributed by atoms with E-state index in [2.05, 4.69) is 5.32 Å². The van der Waals surface area contributed by atoms with Crippen LogP contribution in [0.15, 0.2) is 36.4 Å². The second kappa shape index (κ2) is 6.89. The van der Waals surface area contributed by atoms with Gasteiger partial charge in [-0.2, -0.15) is 0 Å². The van der Waals surface area contributed by atoms with Crippen LogP contribution in [0.5, 0.6) is 0 Å². The molecule has 6 nitrogen and oxygen atoms in total. The van der Waals surface area contributed by atoms with Crippen LogP contribution < -0.4 is 15.5 Å². The molecule has 1 amide bonds. The van der Waals surface area contributed by atoms with Crippen molar-refractivity contribution in [3.8, 4) is 0 Å². The van der Waals surface area contributed by atoms with Gasteiger partial charge in [0.15, 0.2) is 0 Å². The van der Waals surface area contributed by atoms with E-state index in [1.165, 1.54) is 0 Å². The molecule has 1 aromatic carbocycles. The third-order valence-electron chi connectivity index (χ3n) is 3.64. The molecule has 116 valence electrons. The van der Waals surface area contributed by atoms with E-state index in [-0.39, 0.29) is 18.7 Å². The SMILES string of the molecule is O=C([O-])Cc1ccc(NC(=O)[C@@H]2CC=CC[C@H]2C(=O)[O-])cc1. The summed E-state index contributed by atoms with van der Waals surface area (Å²) in [5.74, 6) is -4.29. The molecule has 2 rings (SSSR count). The highest BCUT2D eigenvalue weighted by atomic mass is 16.4. The van der Waals surface area contributed by atoms with E-state index in [0.29, 0.717) is 17.7 Å². The minimum Gasteiger partial charge on any atom is -0.550 e. The molecule has 0 fully saturated rings. The van der Waals surface area contributed by atoms with Gasteiger partial charge in [-0.25, -0.2) is 0 Å². The summed E-state index contributed by atoms with van der Waals surface area (Å²) < 4.78 is 0. The first-order valence-corrected chi connectivity index (χ1v) is 6.93. The van der Waals surface area contributed by atoms with Crippen molar-refractivity contribution >= 4 is 23.5 Å². The summed E-state index contributed by atoms with van der Waals surface area (Å²) >= 11 is 0. The summed E-state index contributed by atoms with van der Waals surface area (Å²) in [5, 5.41) is 24.2. The average Bonchev–Trinajstić information content (AvgIpc) is 2.48. The first-order valence-electron chi connectivity index (χ1n) is 6.93. The Morgan fingerprint density at radius 3 is 2.14 bits per heavy atom. The second-order valence-corrected chi connectivity index (χ2v) is 5.21. The summed E-state index contributed by atoms with van der Waals surface area (Å²) in [4.78, 5) is 33.8. The molecular formula is C16H15NO5-2. The van der Waals surface area contributed by atoms with Gasteiger partial charge in [0.1, 0.15) is 0 Å². The number of allylic oxidation sites excluding steroid dienone is 2. The van der Waals surface area contributed by atoms with Crippen molar-refractivity contribution in [2.24, 2.45) is 11.8 Å². The Labute approximate surface area is 127 Å². The summed E-state index contributed by atoms with van der Waals surface area (Å²) in [6.45, 7) is 0. The number of rotatable bonds is 5. The number of benzene rings is 1. The Balaban J connectivity index is 2.03. The van der Waals surface area contributed by atoms with Crippen molar-refractivity contribution in [2.75, 3.05) is 5.32 Å². The van der Waals surface area contributed by atoms with Gasteiger partial charge in [0.2, 0.25) is 5.91 Å². The number of amides is 1. The van der Waals surface area contributed by atoms with Crippen LogP contribution in [0.2, 0.25) is 0 Å². The van der Waals surface area contributed by atoms with Gasteiger partial charge in [0.05, 0.1) is 5.92 Å². The van der Waals surface area contributed by atoms with Crippen LogP contribution in [-0.2, 0) is 20.8 Å². The number of carboxylic acids is 2. The van der Waals surface area contributed by atoms with Gasteiger partial charge >= 0.3 is 0 Å². The van der Waals surface area contributed by atoms with E-state index in [4.69, 9.17) is 0 Å². The fraction of sp³-hybridized carbons (Fsp3) is 0.312. The van der Waals surface area contributed by atoms with Crippen LogP contribution in [0.25, 0.3) is 0 Å². The molecular weight excluding hydrogens is 286 g/mol. The number of carbonyl (C=O) groups excluding carboxylic acids is 3. The fourth-order valence-electron chi connectivity index (χ4n) is 2.47. The van der Waals surface area contributed by atoms with Gasteiger partial charge < -0.3 is 25.1 Å². The van der Waals surface area contributed by atoms with Crippen LogP contribution >= 0.6 is 0 Å². The van der Waals surface area contributed by atoms with Crippen molar-refractivity contribution in [1.29, 1.82) is 0 Å². The summed E-state index contributed by atoms with van der Waals surface area (Å²) in [5.41, 5.74) is 1.05. The monoisotopic (exact) mass is 301 g/mol. The second-order valence-electron chi connectivity index (χ2n) is 5.21. The third-order valence-corrected chi connectivity index (χ3v) is 3.64. The predicted molar refractivity (Wildman–Crippen MR) is 74.1 cm³/mol. The third kappa shape index (κ3) is 3.94. The minimum atomic E-state index is -1.23. The number of nitrogens with one attached hydrogen (secondary N) is 1. The van der Waals surface area contributed by atoms with Gasteiger partial charge in [0, 0.05) is 30.0 Å². The Morgan fingerprint density at radius 1 is 1.00 bits per heavy atom. The number of anilines is 1. The maximum atomic E-state index is 12.2. The lowest BCUT2D eigenvalue weighted by atomic mass is 9.82. The van der Waals surface area contributed by atoms with E-state index >= 15 is 0 Å². The Bertz CT molecular complexity index is 605. The average molecular weight is 301 g/mol. The predicted octanol–water partition coefficient (Wildman–Crippen LogP) is -0.750. The molecule has 0 heterocycles. The standard InChI is InChI=1S/C16H17NO5/c18-14(19)9-10-5-7-11(8-6-10)17-15(20)12-3-1-2-4-13(12)16(21)22/h1-2,5-8,12-13H,3-4,9H2,(H,17,20)(H,18,19)(H,21,22)/p-2/t12-,13-/m1/s1. The Hall–Kier alpha value is -2.63. The topological polar surface area (TPSA) is 109 Å². The molecule has 1 aliphatic carbocycles. The lowest BCUT2D eigenvalue weighted by Gasteiger charge is -2.28. The van der Waals surface area contributed by atoms with Crippen LogP contribution in [0.4, 0.5) is 5.69 Å². The van der Waals surface area contributed by atoms with Crippen molar-refractivity contribution in [3.05, 3.63) is 42.0 Å². The molecule has 6 heteroatoms. The number of carboxylic acid groups (broad SMARTS) is 2. The zero-order valence-electron chi connectivity index (χ0n) is 11.8. The molecule has 22 heavy (non-hydrogen) atoms. The first-order chi connectivity index (χ1) is 10.5. The maximum Gasteiger partial charge on any atom is 0.228 e. The normalized spacial score (nSPS) is 20.4. The van der Waals surface area contributed by atoms with E-state index in [1.54, 1.807) is 36.4 Å². The van der Waals surface area contributed by atoms with Crippen molar-refractivity contribution in [2.45, 2.75) is 19.3 Å². The molecule has 2 atom stereocenters.